The van der Waals surface area contributed by atoms with Crippen LogP contribution in [0.4, 0.5) is 4.39 Å². The third kappa shape index (κ3) is 2.79. The largest absolute Gasteiger partial charge is 0.500 e. The minimum absolute atomic E-state index is 0.0532. The summed E-state index contributed by atoms with van der Waals surface area (Å²) in [5.41, 5.74) is -0.00578. The molecule has 0 saturated heterocycles. The van der Waals surface area contributed by atoms with E-state index in [-0.39, 0.29) is 28.8 Å². The Morgan fingerprint density at radius 1 is 1.30 bits per heavy atom. The van der Waals surface area contributed by atoms with Gasteiger partial charge < -0.3 is 4.74 Å². The third-order valence-electron chi connectivity index (χ3n) is 3.40. The molecule has 0 amide bonds. The maximum atomic E-state index is 13.2. The Bertz CT molecular complexity index is 599. The highest BCUT2D eigenvalue weighted by atomic mass is 19.1. The van der Waals surface area contributed by atoms with Gasteiger partial charge in [-0.1, -0.05) is 26.0 Å². The molecule has 1 aromatic rings. The second kappa shape index (κ2) is 5.19. The monoisotopic (exact) mass is 276 g/mol. The summed E-state index contributed by atoms with van der Waals surface area (Å²) in [4.78, 5) is 24.6. The number of carbonyl (C=O) groups excluding carboxylic acids is 2. The number of hydrogen-bond donors (Lipinski definition) is 0. The van der Waals surface area contributed by atoms with E-state index in [4.69, 9.17) is 4.74 Å². The Morgan fingerprint density at radius 3 is 2.60 bits per heavy atom. The zero-order valence-electron chi connectivity index (χ0n) is 11.8. The molecular weight excluding hydrogens is 259 g/mol. The SMILES string of the molecule is COC1=C(C(=O)c2cccc(F)c2)C(=O)CC(C)(C)C1. The Hall–Kier alpha value is -1.97. The van der Waals surface area contributed by atoms with Crippen LogP contribution in [0.15, 0.2) is 35.6 Å². The lowest BCUT2D eigenvalue weighted by molar-refractivity contribution is -0.118. The molecule has 0 fully saturated rings. The standard InChI is InChI=1S/C16H17FO3/c1-16(2)8-12(18)14(13(9-16)20-3)15(19)10-5-4-6-11(17)7-10/h4-7H,8-9H2,1-3H3. The fourth-order valence-electron chi connectivity index (χ4n) is 2.47. The maximum Gasteiger partial charge on any atom is 0.200 e. The predicted octanol–water partition coefficient (Wildman–Crippen LogP) is 3.30. The Morgan fingerprint density at radius 2 is 2.00 bits per heavy atom. The Balaban J connectivity index is 2.46. The van der Waals surface area contributed by atoms with Crippen LogP contribution >= 0.6 is 0 Å². The normalized spacial score (nSPS) is 18.1. The zero-order chi connectivity index (χ0) is 14.9. The first-order chi connectivity index (χ1) is 9.34. The topological polar surface area (TPSA) is 43.4 Å². The minimum atomic E-state index is -0.501. The number of carbonyl (C=O) groups is 2. The summed E-state index contributed by atoms with van der Waals surface area (Å²) < 4.78 is 18.4. The number of benzene rings is 1. The van der Waals surface area contributed by atoms with Gasteiger partial charge in [0.1, 0.15) is 17.1 Å². The van der Waals surface area contributed by atoms with Gasteiger partial charge in [-0.15, -0.1) is 0 Å². The molecule has 0 bridgehead atoms. The number of ether oxygens (including phenoxy) is 1. The van der Waals surface area contributed by atoms with Crippen molar-refractivity contribution in [1.82, 2.24) is 0 Å². The van der Waals surface area contributed by atoms with E-state index in [1.54, 1.807) is 0 Å². The first-order valence-electron chi connectivity index (χ1n) is 6.45. The van der Waals surface area contributed by atoms with Gasteiger partial charge in [0.05, 0.1) is 7.11 Å². The Kier molecular flexibility index (Phi) is 3.75. The molecule has 2 rings (SSSR count). The molecule has 0 aromatic heterocycles. The minimum Gasteiger partial charge on any atom is -0.500 e. The van der Waals surface area contributed by atoms with E-state index in [1.807, 2.05) is 13.8 Å². The molecule has 0 radical (unpaired) electrons. The second-order valence-electron chi connectivity index (χ2n) is 5.78. The second-order valence-corrected chi connectivity index (χ2v) is 5.78. The van der Waals surface area contributed by atoms with Crippen LogP contribution in [-0.2, 0) is 9.53 Å². The smallest absolute Gasteiger partial charge is 0.200 e. The number of rotatable bonds is 3. The number of methoxy groups -OCH3 is 1. The zero-order valence-corrected chi connectivity index (χ0v) is 11.8. The van der Waals surface area contributed by atoms with Crippen molar-refractivity contribution in [3.8, 4) is 0 Å². The summed E-state index contributed by atoms with van der Waals surface area (Å²) in [5.74, 6) is -0.825. The van der Waals surface area contributed by atoms with Crippen molar-refractivity contribution < 1.29 is 18.7 Å². The number of allylic oxidation sites excluding steroid dienone is 2. The first kappa shape index (κ1) is 14.4. The Labute approximate surface area is 117 Å². The molecule has 0 spiro atoms. The van der Waals surface area contributed by atoms with E-state index in [1.165, 1.54) is 25.3 Å². The van der Waals surface area contributed by atoms with Crippen molar-refractivity contribution in [2.75, 3.05) is 7.11 Å². The van der Waals surface area contributed by atoms with Crippen molar-refractivity contribution in [3.63, 3.8) is 0 Å². The van der Waals surface area contributed by atoms with Gasteiger partial charge >= 0.3 is 0 Å². The molecule has 3 nitrogen and oxygen atoms in total. The molecule has 0 heterocycles. The van der Waals surface area contributed by atoms with E-state index in [2.05, 4.69) is 0 Å². The molecule has 1 aromatic carbocycles. The van der Waals surface area contributed by atoms with Crippen LogP contribution in [0.3, 0.4) is 0 Å². The highest BCUT2D eigenvalue weighted by Crippen LogP contribution is 2.38. The van der Waals surface area contributed by atoms with Crippen LogP contribution in [-0.4, -0.2) is 18.7 Å². The molecule has 0 atom stereocenters. The maximum absolute atomic E-state index is 13.2. The van der Waals surface area contributed by atoms with E-state index in [0.717, 1.165) is 6.07 Å². The molecule has 0 aliphatic heterocycles. The van der Waals surface area contributed by atoms with Crippen LogP contribution in [0, 0.1) is 11.2 Å². The van der Waals surface area contributed by atoms with Gasteiger partial charge in [-0.25, -0.2) is 4.39 Å². The number of halogens is 1. The predicted molar refractivity (Wildman–Crippen MR) is 72.8 cm³/mol. The number of ketones is 2. The van der Waals surface area contributed by atoms with Gasteiger partial charge in [0.25, 0.3) is 0 Å². The lowest BCUT2D eigenvalue weighted by atomic mass is 9.75. The summed E-state index contributed by atoms with van der Waals surface area (Å²) in [7, 11) is 1.45. The highest BCUT2D eigenvalue weighted by molar-refractivity contribution is 6.27. The lowest BCUT2D eigenvalue weighted by Gasteiger charge is -2.30. The van der Waals surface area contributed by atoms with Crippen LogP contribution in [0.2, 0.25) is 0 Å². The van der Waals surface area contributed by atoms with E-state index < -0.39 is 11.6 Å². The molecule has 106 valence electrons. The fraction of sp³-hybridized carbons (Fsp3) is 0.375. The van der Waals surface area contributed by atoms with Crippen LogP contribution in [0.1, 0.15) is 37.0 Å². The fourth-order valence-corrected chi connectivity index (χ4v) is 2.47. The van der Waals surface area contributed by atoms with Gasteiger partial charge in [-0.05, 0) is 17.5 Å². The molecule has 0 saturated carbocycles. The molecule has 0 N–H and O–H groups in total. The average molecular weight is 276 g/mol. The van der Waals surface area contributed by atoms with Crippen LogP contribution in [0.5, 0.6) is 0 Å². The lowest BCUT2D eigenvalue weighted by Crippen LogP contribution is -2.29. The van der Waals surface area contributed by atoms with E-state index in [0.29, 0.717) is 12.2 Å². The summed E-state index contributed by atoms with van der Waals surface area (Å²) in [5, 5.41) is 0. The third-order valence-corrected chi connectivity index (χ3v) is 3.40. The van der Waals surface area contributed by atoms with Crippen molar-refractivity contribution in [3.05, 3.63) is 47.0 Å². The van der Waals surface area contributed by atoms with Gasteiger partial charge in [-0.2, -0.15) is 0 Å². The van der Waals surface area contributed by atoms with Gasteiger partial charge in [0, 0.05) is 18.4 Å². The number of hydrogen-bond acceptors (Lipinski definition) is 3. The summed E-state index contributed by atoms with van der Waals surface area (Å²) in [6.07, 6.45) is 0.807. The van der Waals surface area contributed by atoms with Gasteiger partial charge in [-0.3, -0.25) is 9.59 Å². The van der Waals surface area contributed by atoms with Crippen molar-refractivity contribution in [1.29, 1.82) is 0 Å². The summed E-state index contributed by atoms with van der Waals surface area (Å²) in [6, 6.07) is 5.34. The number of Topliss-reactive ketones (excluding diaryl/α,β-unsaturated/α-hetero) is 2. The van der Waals surface area contributed by atoms with Crippen LogP contribution < -0.4 is 0 Å². The van der Waals surface area contributed by atoms with Gasteiger partial charge in [0.15, 0.2) is 11.6 Å². The van der Waals surface area contributed by atoms with Crippen LogP contribution in [0.25, 0.3) is 0 Å². The van der Waals surface area contributed by atoms with Crippen molar-refractivity contribution in [2.24, 2.45) is 5.41 Å². The molecular formula is C16H17FO3. The molecule has 1 aliphatic rings. The molecule has 20 heavy (non-hydrogen) atoms. The summed E-state index contributed by atoms with van der Waals surface area (Å²) >= 11 is 0. The quantitative estimate of drug-likeness (QED) is 0.628. The van der Waals surface area contributed by atoms with Crippen molar-refractivity contribution >= 4 is 11.6 Å². The summed E-state index contributed by atoms with van der Waals surface area (Å²) in [6.45, 7) is 3.90. The average Bonchev–Trinajstić information content (AvgIpc) is 2.36. The van der Waals surface area contributed by atoms with E-state index >= 15 is 0 Å². The highest BCUT2D eigenvalue weighted by Gasteiger charge is 2.37. The first-order valence-corrected chi connectivity index (χ1v) is 6.45. The van der Waals surface area contributed by atoms with Crippen molar-refractivity contribution in [2.45, 2.75) is 26.7 Å². The molecule has 1 aliphatic carbocycles. The molecule has 4 heteroatoms. The molecule has 0 unspecified atom stereocenters. The van der Waals surface area contributed by atoms with E-state index in [9.17, 15) is 14.0 Å². The van der Waals surface area contributed by atoms with Gasteiger partial charge in [0.2, 0.25) is 0 Å².